The van der Waals surface area contributed by atoms with Crippen molar-refractivity contribution in [3.8, 4) is 22.4 Å². The van der Waals surface area contributed by atoms with Crippen LogP contribution in [0.15, 0.2) is 132 Å². The van der Waals surface area contributed by atoms with Gasteiger partial charge in [-0.05, 0) is 98.2 Å². The number of amides is 2. The number of allylic oxidation sites excluding steroid dienone is 1. The molecule has 1 aromatic heterocycles. The van der Waals surface area contributed by atoms with E-state index in [1.54, 1.807) is 50.2 Å². The van der Waals surface area contributed by atoms with Crippen LogP contribution in [0.2, 0.25) is 5.02 Å². The Kier molecular flexibility index (Phi) is 20.5. The highest BCUT2D eigenvalue weighted by Crippen LogP contribution is 2.44. The van der Waals surface area contributed by atoms with E-state index in [1.807, 2.05) is 81.4 Å². The van der Waals surface area contributed by atoms with Crippen LogP contribution in [0.25, 0.3) is 22.4 Å². The first-order valence-electron chi connectivity index (χ1n) is 23.4. The van der Waals surface area contributed by atoms with Gasteiger partial charge in [-0.15, -0.1) is 0 Å². The number of rotatable bonds is 20. The molecule has 0 spiro atoms. The van der Waals surface area contributed by atoms with Crippen LogP contribution in [0.4, 0.5) is 10.1 Å². The number of benzene rings is 4. The third-order valence-corrected chi connectivity index (χ3v) is 12.0. The predicted molar refractivity (Wildman–Crippen MR) is 270 cm³/mol. The van der Waals surface area contributed by atoms with Crippen molar-refractivity contribution < 1.29 is 48.0 Å². The van der Waals surface area contributed by atoms with Gasteiger partial charge in [0, 0.05) is 47.7 Å². The van der Waals surface area contributed by atoms with Crippen LogP contribution in [0.1, 0.15) is 94.3 Å². The van der Waals surface area contributed by atoms with Crippen molar-refractivity contribution in [1.29, 1.82) is 0 Å². The van der Waals surface area contributed by atoms with Gasteiger partial charge >= 0.3 is 11.9 Å². The molecular formula is C55H64ClFN4O9. The molecule has 1 aliphatic rings. The Balaban J connectivity index is 0.000000268. The van der Waals surface area contributed by atoms with E-state index in [0.717, 1.165) is 28.1 Å². The molecule has 372 valence electrons. The fourth-order valence-corrected chi connectivity index (χ4v) is 8.66. The molecule has 0 radical (unpaired) electrons. The number of hydrogen-bond acceptors (Lipinski definition) is 10. The van der Waals surface area contributed by atoms with Crippen molar-refractivity contribution in [2.24, 2.45) is 0 Å². The standard InChI is InChI=1S/C33H37FN2O3.C22H27ClN2O6/c1-4-27(37)21-28(38)19-20-36-31(22(2)3)30(33(39)35-26-13-9-6-10-14-26)29(23-11-7-5-8-12-23)32(36)24-15-17-25(34)18-16-24;1-5-31-22(28)20-17(12-30-11-10-24-14(3)26)25-13(2)18(21(27)29-4)19(20)15-8-6-7-9-16(15)23/h5-18,22,27-28,37-38H,4,19-21H2,1-3H3,(H,35,39);6-9,19,25H,5,10-12H2,1-4H3,(H,24,26)/t27-,28+;/m0./s1. The maximum atomic E-state index is 14.0. The molecule has 5 aromatic rings. The van der Waals surface area contributed by atoms with Crippen LogP contribution < -0.4 is 16.0 Å². The summed E-state index contributed by atoms with van der Waals surface area (Å²) in [6.45, 7) is 12.0. The van der Waals surface area contributed by atoms with Crippen molar-refractivity contribution in [1.82, 2.24) is 15.2 Å². The van der Waals surface area contributed by atoms with Crippen LogP contribution in [0.3, 0.4) is 0 Å². The molecule has 1 unspecified atom stereocenters. The fraction of sp³-hybridized carbons (Fsp3) is 0.345. The van der Waals surface area contributed by atoms with Gasteiger partial charge in [0.1, 0.15) is 5.82 Å². The number of carbonyl (C=O) groups is 4. The molecule has 0 bridgehead atoms. The van der Waals surface area contributed by atoms with Crippen LogP contribution in [-0.2, 0) is 35.1 Å². The number of aromatic nitrogens is 1. The van der Waals surface area contributed by atoms with Gasteiger partial charge in [0.25, 0.3) is 5.91 Å². The minimum Gasteiger partial charge on any atom is -0.466 e. The highest BCUT2D eigenvalue weighted by Gasteiger charge is 2.40. The van der Waals surface area contributed by atoms with E-state index < -0.39 is 30.1 Å². The van der Waals surface area contributed by atoms with E-state index in [1.165, 1.54) is 26.2 Å². The number of nitrogens with zero attached hydrogens (tertiary/aromatic N) is 1. The molecule has 0 saturated heterocycles. The lowest BCUT2D eigenvalue weighted by atomic mass is 9.80. The van der Waals surface area contributed by atoms with Crippen molar-refractivity contribution in [2.75, 3.05) is 38.8 Å². The largest absolute Gasteiger partial charge is 0.466 e. The van der Waals surface area contributed by atoms with E-state index in [2.05, 4.69) is 20.5 Å². The number of carbonyl (C=O) groups excluding carboxylic acids is 4. The van der Waals surface area contributed by atoms with Gasteiger partial charge in [-0.3, -0.25) is 9.59 Å². The second kappa shape index (κ2) is 26.4. The van der Waals surface area contributed by atoms with Crippen molar-refractivity contribution in [2.45, 2.75) is 91.4 Å². The minimum atomic E-state index is -0.796. The van der Waals surface area contributed by atoms with Gasteiger partial charge in [0.2, 0.25) is 5.91 Å². The zero-order valence-corrected chi connectivity index (χ0v) is 41.6. The van der Waals surface area contributed by atoms with E-state index >= 15 is 0 Å². The Morgan fingerprint density at radius 1 is 0.843 bits per heavy atom. The third kappa shape index (κ3) is 14.0. The van der Waals surface area contributed by atoms with Crippen LogP contribution in [0, 0.1) is 5.82 Å². The number of nitrogens with one attached hydrogen (secondary N) is 3. The van der Waals surface area contributed by atoms with Crippen molar-refractivity contribution >= 4 is 41.0 Å². The molecule has 15 heteroatoms. The average molecular weight is 980 g/mol. The lowest BCUT2D eigenvalue weighted by Crippen LogP contribution is -2.35. The van der Waals surface area contributed by atoms with Crippen LogP contribution >= 0.6 is 11.6 Å². The smallest absolute Gasteiger partial charge is 0.336 e. The lowest BCUT2D eigenvalue weighted by Gasteiger charge is -2.31. The van der Waals surface area contributed by atoms with Gasteiger partial charge in [0.05, 0.1) is 73.2 Å². The maximum Gasteiger partial charge on any atom is 0.336 e. The Hall–Kier alpha value is -6.58. The molecule has 13 nitrogen and oxygen atoms in total. The summed E-state index contributed by atoms with van der Waals surface area (Å²) in [5, 5.41) is 30.0. The maximum absolute atomic E-state index is 14.0. The van der Waals surface area contributed by atoms with Gasteiger partial charge in [-0.1, -0.05) is 99.1 Å². The van der Waals surface area contributed by atoms with Gasteiger partial charge in [0.15, 0.2) is 0 Å². The molecular weight excluding hydrogens is 915 g/mol. The first kappa shape index (κ1) is 54.4. The molecule has 0 saturated carbocycles. The third-order valence-electron chi connectivity index (χ3n) is 11.6. The molecule has 1 aliphatic heterocycles. The van der Waals surface area contributed by atoms with E-state index in [9.17, 15) is 33.8 Å². The second-order valence-corrected chi connectivity index (χ2v) is 17.4. The Labute approximate surface area is 414 Å². The molecule has 6 rings (SSSR count). The van der Waals surface area contributed by atoms with Crippen LogP contribution in [-0.4, -0.2) is 84.2 Å². The van der Waals surface area contributed by atoms with Crippen molar-refractivity contribution in [3.05, 3.63) is 159 Å². The van der Waals surface area contributed by atoms with Crippen LogP contribution in [0.5, 0.6) is 0 Å². The highest BCUT2D eigenvalue weighted by molar-refractivity contribution is 6.31. The summed E-state index contributed by atoms with van der Waals surface area (Å²) in [6, 6.07) is 32.4. The fourth-order valence-electron chi connectivity index (χ4n) is 8.42. The average Bonchev–Trinajstić information content (AvgIpc) is 3.69. The number of hydrogen-bond donors (Lipinski definition) is 5. The number of aliphatic hydroxyl groups is 2. The number of dihydropyridines is 1. The summed E-state index contributed by atoms with van der Waals surface area (Å²) in [5.74, 6) is -2.73. The topological polar surface area (TPSA) is 177 Å². The minimum absolute atomic E-state index is 0.0310. The van der Waals surface area contributed by atoms with Gasteiger partial charge in [-0.25, -0.2) is 14.0 Å². The molecule has 2 heterocycles. The summed E-state index contributed by atoms with van der Waals surface area (Å²) < 4.78 is 32.0. The molecule has 3 atom stereocenters. The van der Waals surface area contributed by atoms with Gasteiger partial charge in [-0.2, -0.15) is 0 Å². The normalized spacial score (nSPS) is 14.3. The zero-order chi connectivity index (χ0) is 50.9. The molecule has 0 fully saturated rings. The molecule has 4 aromatic carbocycles. The molecule has 70 heavy (non-hydrogen) atoms. The summed E-state index contributed by atoms with van der Waals surface area (Å²) in [4.78, 5) is 50.7. The molecule has 5 N–H and O–H groups in total. The summed E-state index contributed by atoms with van der Waals surface area (Å²) in [5.41, 5.74) is 7.33. The molecule has 0 aliphatic carbocycles. The predicted octanol–water partition coefficient (Wildman–Crippen LogP) is 9.69. The SMILES string of the molecule is CCOC(=O)C1=C(COCCNC(C)=O)NC(C)=C(C(=O)OC)C1c1ccccc1Cl.CC[C@H](O)C[C@H](O)CCn1c(-c2ccc(F)cc2)c(-c2ccccc2)c(C(=O)Nc2ccccc2)c1C(C)C. The molecule has 2 amide bonds. The number of halogens is 2. The monoisotopic (exact) mass is 978 g/mol. The summed E-state index contributed by atoms with van der Waals surface area (Å²) >= 11 is 6.45. The highest BCUT2D eigenvalue weighted by atomic mass is 35.5. The lowest BCUT2D eigenvalue weighted by molar-refractivity contribution is -0.139. The number of esters is 2. The second-order valence-electron chi connectivity index (χ2n) is 17.0. The van der Waals surface area contributed by atoms with E-state index in [-0.39, 0.29) is 60.9 Å². The summed E-state index contributed by atoms with van der Waals surface area (Å²) in [6.07, 6.45) is -0.0231. The first-order valence-corrected chi connectivity index (χ1v) is 23.8. The van der Waals surface area contributed by atoms with E-state index in [4.69, 9.17) is 25.8 Å². The Morgan fingerprint density at radius 2 is 1.49 bits per heavy atom. The Bertz CT molecular complexity index is 2630. The number of anilines is 1. The first-order chi connectivity index (χ1) is 33.6. The number of aliphatic hydroxyl groups excluding tert-OH is 2. The Morgan fingerprint density at radius 3 is 2.09 bits per heavy atom. The number of para-hydroxylation sites is 1. The summed E-state index contributed by atoms with van der Waals surface area (Å²) in [7, 11) is 1.28. The van der Waals surface area contributed by atoms with E-state index in [0.29, 0.717) is 59.2 Å². The van der Waals surface area contributed by atoms with Gasteiger partial charge < -0.3 is 44.9 Å². The van der Waals surface area contributed by atoms with Crippen molar-refractivity contribution in [3.63, 3.8) is 0 Å². The number of methoxy groups -OCH3 is 1. The zero-order valence-electron chi connectivity index (χ0n) is 40.8. The number of ether oxygens (including phenoxy) is 3. The quantitative estimate of drug-likeness (QED) is 0.0373.